The molecule has 0 saturated carbocycles. The van der Waals surface area contributed by atoms with Crippen molar-refractivity contribution in [3.05, 3.63) is 0 Å². The van der Waals surface area contributed by atoms with Gasteiger partial charge in [-0.3, -0.25) is 9.59 Å². The number of carbonyl (C=O) groups excluding carboxylic acids is 2. The van der Waals surface area contributed by atoms with Gasteiger partial charge in [0.2, 0.25) is 0 Å². The molecule has 0 aliphatic carbocycles. The summed E-state index contributed by atoms with van der Waals surface area (Å²) in [5, 5.41) is 0. The van der Waals surface area contributed by atoms with E-state index in [1.54, 1.807) is 6.92 Å². The van der Waals surface area contributed by atoms with E-state index < -0.39 is 6.10 Å². The van der Waals surface area contributed by atoms with Crippen molar-refractivity contribution in [1.82, 2.24) is 0 Å². The van der Waals surface area contributed by atoms with Gasteiger partial charge in [0, 0.05) is 11.4 Å². The maximum absolute atomic E-state index is 11.1. The van der Waals surface area contributed by atoms with Gasteiger partial charge in [-0.05, 0) is 6.92 Å². The first kappa shape index (κ1) is 10.7. The first-order valence-electron chi connectivity index (χ1n) is 4.00. The van der Waals surface area contributed by atoms with Gasteiger partial charge in [0.25, 0.3) is 0 Å². The summed E-state index contributed by atoms with van der Waals surface area (Å²) in [4.78, 5) is 21.8. The van der Waals surface area contributed by atoms with E-state index in [2.05, 4.69) is 22.6 Å². The van der Waals surface area contributed by atoms with Crippen LogP contribution in [0.1, 0.15) is 13.8 Å². The zero-order valence-electron chi connectivity index (χ0n) is 7.45. The highest BCUT2D eigenvalue weighted by Crippen LogP contribution is 2.25. The SMILES string of the molecule is CC(=O)O[C@H]1[C@@H](CI)OC(=O)[C@@H]1C. The summed E-state index contributed by atoms with van der Waals surface area (Å²) in [6.45, 7) is 3.04. The second kappa shape index (κ2) is 4.26. The zero-order chi connectivity index (χ0) is 10.0. The Morgan fingerprint density at radius 1 is 1.69 bits per heavy atom. The lowest BCUT2D eigenvalue weighted by molar-refractivity contribution is -0.150. The summed E-state index contributed by atoms with van der Waals surface area (Å²) < 4.78 is 10.7. The molecule has 1 rings (SSSR count). The quantitative estimate of drug-likeness (QED) is 0.432. The molecule has 0 N–H and O–H groups in total. The summed E-state index contributed by atoms with van der Waals surface area (Å²) in [5.41, 5.74) is 0. The Bertz CT molecular complexity index is 228. The van der Waals surface area contributed by atoms with Crippen molar-refractivity contribution in [1.29, 1.82) is 0 Å². The van der Waals surface area contributed by atoms with E-state index in [0.29, 0.717) is 4.43 Å². The maximum Gasteiger partial charge on any atom is 0.313 e. The van der Waals surface area contributed by atoms with Gasteiger partial charge in [-0.25, -0.2) is 0 Å². The van der Waals surface area contributed by atoms with E-state index in [1.165, 1.54) is 6.92 Å². The minimum absolute atomic E-state index is 0.284. The number of halogens is 1. The number of rotatable bonds is 2. The van der Waals surface area contributed by atoms with Crippen molar-refractivity contribution in [2.24, 2.45) is 5.92 Å². The van der Waals surface area contributed by atoms with Gasteiger partial charge in [-0.1, -0.05) is 22.6 Å². The lowest BCUT2D eigenvalue weighted by atomic mass is 10.0. The number of ether oxygens (including phenoxy) is 2. The van der Waals surface area contributed by atoms with Crippen LogP contribution in [0.25, 0.3) is 0 Å². The van der Waals surface area contributed by atoms with Gasteiger partial charge in [0.1, 0.15) is 6.10 Å². The molecule has 1 saturated heterocycles. The molecule has 1 heterocycles. The topological polar surface area (TPSA) is 52.6 Å². The highest BCUT2D eigenvalue weighted by atomic mass is 127. The number of hydrogen-bond acceptors (Lipinski definition) is 4. The molecule has 1 fully saturated rings. The Balaban J connectivity index is 2.67. The Kier molecular flexibility index (Phi) is 3.52. The molecular weight excluding hydrogens is 287 g/mol. The average molecular weight is 298 g/mol. The smallest absolute Gasteiger partial charge is 0.313 e. The van der Waals surface area contributed by atoms with Crippen molar-refractivity contribution in [2.45, 2.75) is 26.1 Å². The van der Waals surface area contributed by atoms with E-state index in [1.807, 2.05) is 0 Å². The molecular formula is C8H11IO4. The van der Waals surface area contributed by atoms with Crippen LogP contribution < -0.4 is 0 Å². The summed E-state index contributed by atoms with van der Waals surface area (Å²) in [7, 11) is 0. The summed E-state index contributed by atoms with van der Waals surface area (Å²) >= 11 is 2.10. The Morgan fingerprint density at radius 2 is 2.31 bits per heavy atom. The van der Waals surface area contributed by atoms with Crippen LogP contribution in [-0.4, -0.2) is 28.6 Å². The summed E-state index contributed by atoms with van der Waals surface area (Å²) in [5.74, 6) is -0.999. The van der Waals surface area contributed by atoms with Crippen LogP contribution in [0, 0.1) is 5.92 Å². The third kappa shape index (κ3) is 2.32. The second-order valence-electron chi connectivity index (χ2n) is 2.99. The monoisotopic (exact) mass is 298 g/mol. The van der Waals surface area contributed by atoms with Crippen molar-refractivity contribution < 1.29 is 19.1 Å². The lowest BCUT2D eigenvalue weighted by Crippen LogP contribution is -2.31. The van der Waals surface area contributed by atoms with Gasteiger partial charge < -0.3 is 9.47 Å². The number of hydrogen-bond donors (Lipinski definition) is 0. The molecule has 0 aromatic rings. The molecule has 0 bridgehead atoms. The zero-order valence-corrected chi connectivity index (χ0v) is 9.61. The Hall–Kier alpha value is -0.330. The minimum Gasteiger partial charge on any atom is -0.458 e. The molecule has 0 radical (unpaired) electrons. The average Bonchev–Trinajstić information content (AvgIpc) is 2.31. The molecule has 74 valence electrons. The van der Waals surface area contributed by atoms with Gasteiger partial charge >= 0.3 is 11.9 Å². The van der Waals surface area contributed by atoms with Crippen LogP contribution >= 0.6 is 22.6 Å². The first-order chi connectivity index (χ1) is 6.06. The molecule has 5 heteroatoms. The van der Waals surface area contributed by atoms with Crippen LogP contribution in [0.4, 0.5) is 0 Å². The number of esters is 2. The maximum atomic E-state index is 11.1. The molecule has 0 amide bonds. The minimum atomic E-state index is -0.415. The molecule has 0 aromatic heterocycles. The third-order valence-corrected chi connectivity index (χ3v) is 2.82. The molecule has 0 aromatic carbocycles. The van der Waals surface area contributed by atoms with Crippen LogP contribution in [0.5, 0.6) is 0 Å². The molecule has 0 unspecified atom stereocenters. The lowest BCUT2D eigenvalue weighted by Gasteiger charge is -2.16. The van der Waals surface area contributed by atoms with Gasteiger partial charge in [0.15, 0.2) is 6.10 Å². The molecule has 3 atom stereocenters. The number of carbonyl (C=O) groups is 2. The predicted octanol–water partition coefficient (Wildman–Crippen LogP) is 0.915. The Labute approximate surface area is 90.1 Å². The molecule has 1 aliphatic rings. The number of alkyl halides is 1. The predicted molar refractivity (Wildman–Crippen MR) is 53.5 cm³/mol. The van der Waals surface area contributed by atoms with Crippen LogP contribution in [0.2, 0.25) is 0 Å². The molecule has 13 heavy (non-hydrogen) atoms. The van der Waals surface area contributed by atoms with Crippen molar-refractivity contribution in [3.63, 3.8) is 0 Å². The Morgan fingerprint density at radius 3 is 2.77 bits per heavy atom. The fraction of sp³-hybridized carbons (Fsp3) is 0.750. The first-order valence-corrected chi connectivity index (χ1v) is 5.52. The van der Waals surface area contributed by atoms with E-state index in [0.717, 1.165) is 0 Å². The highest BCUT2D eigenvalue weighted by Gasteiger charge is 2.43. The fourth-order valence-electron chi connectivity index (χ4n) is 1.27. The molecule has 4 nitrogen and oxygen atoms in total. The van der Waals surface area contributed by atoms with Crippen LogP contribution in [0.3, 0.4) is 0 Å². The normalized spacial score (nSPS) is 32.8. The van der Waals surface area contributed by atoms with E-state index in [9.17, 15) is 9.59 Å². The van der Waals surface area contributed by atoms with Crippen molar-refractivity contribution >= 4 is 34.5 Å². The highest BCUT2D eigenvalue weighted by molar-refractivity contribution is 14.1. The summed E-state index contributed by atoms with van der Waals surface area (Å²) in [6, 6.07) is 0. The standard InChI is InChI=1S/C8H11IO4/c1-4-7(12-5(2)10)6(3-9)13-8(4)11/h4,6-7H,3H2,1-2H3/t4-,6-,7-/m1/s1. The third-order valence-electron chi connectivity index (χ3n) is 1.95. The molecule has 0 spiro atoms. The van der Waals surface area contributed by atoms with E-state index in [4.69, 9.17) is 9.47 Å². The molecule has 1 aliphatic heterocycles. The largest absolute Gasteiger partial charge is 0.458 e. The summed E-state index contributed by atoms with van der Waals surface area (Å²) in [6.07, 6.45) is -0.700. The van der Waals surface area contributed by atoms with E-state index >= 15 is 0 Å². The second-order valence-corrected chi connectivity index (χ2v) is 3.87. The number of cyclic esters (lactones) is 1. The van der Waals surface area contributed by atoms with E-state index in [-0.39, 0.29) is 24.0 Å². The van der Waals surface area contributed by atoms with Gasteiger partial charge in [0.05, 0.1) is 5.92 Å². The van der Waals surface area contributed by atoms with Crippen molar-refractivity contribution in [3.8, 4) is 0 Å². The fourth-order valence-corrected chi connectivity index (χ4v) is 1.95. The van der Waals surface area contributed by atoms with Crippen molar-refractivity contribution in [2.75, 3.05) is 4.43 Å². The van der Waals surface area contributed by atoms with Gasteiger partial charge in [-0.15, -0.1) is 0 Å². The van der Waals surface area contributed by atoms with Crippen LogP contribution in [0.15, 0.2) is 0 Å². The van der Waals surface area contributed by atoms with Crippen LogP contribution in [-0.2, 0) is 19.1 Å². The van der Waals surface area contributed by atoms with Gasteiger partial charge in [-0.2, -0.15) is 0 Å².